The number of nitrogens with two attached hydrogens (primary N) is 5. The molecular formula is C72H110N22O16. The molecule has 0 spiro atoms. The van der Waals surface area contributed by atoms with Gasteiger partial charge in [-0.1, -0.05) is 109 Å². The van der Waals surface area contributed by atoms with Crippen molar-refractivity contribution in [1.82, 2.24) is 78.7 Å². The second kappa shape index (κ2) is 43.6. The summed E-state index contributed by atoms with van der Waals surface area (Å²) in [5.74, 6) is -16.7. The van der Waals surface area contributed by atoms with Crippen molar-refractivity contribution >= 4 is 94.6 Å². The van der Waals surface area contributed by atoms with E-state index >= 15 is 14.4 Å². The summed E-state index contributed by atoms with van der Waals surface area (Å²) in [5.41, 5.74) is 29.4. The highest BCUT2D eigenvalue weighted by molar-refractivity contribution is 6.01. The molecule has 0 aliphatic carbocycles. The van der Waals surface area contributed by atoms with E-state index in [1.54, 1.807) is 88.4 Å². The lowest BCUT2D eigenvalue weighted by molar-refractivity contribution is -0.145. The van der Waals surface area contributed by atoms with Crippen LogP contribution in [-0.2, 0) is 86.4 Å². The Morgan fingerprint density at radius 1 is 0.482 bits per heavy atom. The lowest BCUT2D eigenvalue weighted by Crippen LogP contribution is -2.63. The molecule has 3 aromatic rings. The maximum atomic E-state index is 15.2. The minimum absolute atomic E-state index is 0.00136. The summed E-state index contributed by atoms with van der Waals surface area (Å²) in [7, 11) is 0. The highest BCUT2D eigenvalue weighted by Gasteiger charge is 2.44. The van der Waals surface area contributed by atoms with Gasteiger partial charge in [0.25, 0.3) is 0 Å². The summed E-state index contributed by atoms with van der Waals surface area (Å²) >= 11 is 0. The third-order valence-electron chi connectivity index (χ3n) is 18.6. The number of hydrogen-bond acceptors (Lipinski definition) is 19. The first-order valence-corrected chi connectivity index (χ1v) is 36.7. The van der Waals surface area contributed by atoms with Crippen LogP contribution >= 0.6 is 0 Å². The predicted octanol–water partition coefficient (Wildman–Crippen LogP) is -5.62. The van der Waals surface area contributed by atoms with Crippen molar-refractivity contribution in [2.75, 3.05) is 19.6 Å². The number of carbonyl (C=O) groups is 14. The van der Waals surface area contributed by atoms with Gasteiger partial charge in [0.05, 0.1) is 25.0 Å². The molecule has 110 heavy (non-hydrogen) atoms. The van der Waals surface area contributed by atoms with Gasteiger partial charge in [-0.25, -0.2) is 4.98 Å². The Labute approximate surface area is 637 Å². The van der Waals surface area contributed by atoms with Crippen LogP contribution in [0.1, 0.15) is 131 Å². The normalized spacial score (nSPS) is 25.7. The van der Waals surface area contributed by atoms with Crippen LogP contribution in [0.2, 0.25) is 0 Å². The number of aliphatic hydroxyl groups is 2. The third-order valence-corrected chi connectivity index (χ3v) is 18.6. The summed E-state index contributed by atoms with van der Waals surface area (Å²) in [4.78, 5) is 219. The van der Waals surface area contributed by atoms with Crippen LogP contribution in [0.25, 0.3) is 0 Å². The number of rotatable bonds is 22. The molecule has 2 fully saturated rings. The average molecular weight is 1540 g/mol. The summed E-state index contributed by atoms with van der Waals surface area (Å²) in [5, 5.41) is 53.3. The van der Waals surface area contributed by atoms with Gasteiger partial charge in [-0.15, -0.1) is 0 Å². The van der Waals surface area contributed by atoms with E-state index in [9.17, 15) is 63.0 Å². The van der Waals surface area contributed by atoms with Crippen molar-refractivity contribution in [3.63, 3.8) is 0 Å². The fourth-order valence-corrected chi connectivity index (χ4v) is 12.2. The smallest absolute Gasteiger partial charge is 0.248 e. The van der Waals surface area contributed by atoms with Gasteiger partial charge >= 0.3 is 0 Å². The molecule has 16 atom stereocenters. The molecule has 14 amide bonds. The van der Waals surface area contributed by atoms with Gasteiger partial charge in [0, 0.05) is 50.8 Å². The first-order valence-electron chi connectivity index (χ1n) is 36.7. The monoisotopic (exact) mass is 1540 g/mol. The molecule has 604 valence electrons. The number of amides is 14. The van der Waals surface area contributed by atoms with Crippen LogP contribution in [0.3, 0.4) is 0 Å². The highest BCUT2D eigenvalue weighted by atomic mass is 16.3. The number of hydrogen-bond donors (Lipinski definition) is 20. The van der Waals surface area contributed by atoms with Gasteiger partial charge in [-0.3, -0.25) is 77.1 Å². The lowest BCUT2D eigenvalue weighted by atomic mass is 9.95. The molecule has 0 saturated carbocycles. The Morgan fingerprint density at radius 2 is 0.873 bits per heavy atom. The summed E-state index contributed by atoms with van der Waals surface area (Å²) < 4.78 is 0. The number of guanidine groups is 2. The van der Waals surface area contributed by atoms with E-state index < -0.39 is 198 Å². The minimum Gasteiger partial charge on any atom is -0.391 e. The molecule has 1 aromatic heterocycles. The molecule has 2 aliphatic rings. The Balaban J connectivity index is 1.65. The van der Waals surface area contributed by atoms with Crippen LogP contribution < -0.4 is 92.5 Å². The summed E-state index contributed by atoms with van der Waals surface area (Å²) in [6.45, 7) is 12.9. The Morgan fingerprint density at radius 3 is 1.34 bits per heavy atom. The maximum absolute atomic E-state index is 15.2. The molecule has 0 bridgehead atoms. The molecule has 2 aliphatic heterocycles. The van der Waals surface area contributed by atoms with E-state index in [0.717, 1.165) is 11.8 Å². The number of imidazole rings is 1. The predicted molar refractivity (Wildman–Crippen MR) is 402 cm³/mol. The maximum Gasteiger partial charge on any atom is 0.248 e. The fraction of sp³-hybridized carbons (Fsp3) is 0.569. The van der Waals surface area contributed by atoms with E-state index in [4.69, 9.17) is 28.7 Å². The number of nitrogens with zero attached hydrogens (tertiary/aromatic N) is 4. The minimum atomic E-state index is -1.85. The molecule has 0 radical (unpaired) electrons. The Bertz CT molecular complexity index is 3700. The van der Waals surface area contributed by atoms with Crippen molar-refractivity contribution < 1.29 is 77.3 Å². The fourth-order valence-electron chi connectivity index (χ4n) is 12.2. The number of aromatic nitrogens is 2. The molecular weight excluding hydrogens is 1430 g/mol. The number of aromatic amines is 1. The Kier molecular flexibility index (Phi) is 35.4. The van der Waals surface area contributed by atoms with Gasteiger partial charge in [-0.05, 0) is 88.2 Å². The van der Waals surface area contributed by atoms with Crippen LogP contribution in [-0.4, -0.2) is 230 Å². The van der Waals surface area contributed by atoms with Crippen LogP contribution in [0, 0.1) is 17.8 Å². The molecule has 2 aromatic carbocycles. The second-order valence-electron chi connectivity index (χ2n) is 28.3. The molecule has 38 nitrogen and oxygen atoms in total. The number of fused-ring (bicyclic) bond motifs is 1. The first kappa shape index (κ1) is 89.3. The van der Waals surface area contributed by atoms with E-state index in [0.29, 0.717) is 16.8 Å². The number of H-pyrrole nitrogens is 1. The standard InChI is InChI=1S/C72H110N22O16/c1-10-38(6)55-68(108)90-54(37(4)5)67(107)92-56(40(8)95)69(109)82-39(7)58(98)83-46(25-18-28-80-72(76)77)60(100)93-57(41(9)96)70(110)94-29-19-26-51(94)65(105)89-53(36(2)3)66(106)88-49(32-44-34-78-35-81-44)63(103)86-48(31-43-22-15-12-16-23-43)62(102)85-47(30-42-20-13-11-14-21-42)61(101)84-45(24-17-27-79-71(74)75)59(99)87-50(33-52(73)97)64(104)91-55/h11-16,20-23,34-41,45-51,53-57,95-96H,10,17-19,24-33H2,1-9H3,(H2,73,97)(H,78,81)(H,82,109)(H,83,98)(H,84,101)(H,85,102)(H,86,103)(H,87,99)(H,88,106)(H,89,105)(H,90,108)(H,91,104)(H,92,107)(H,93,100)(H4,74,75,79)(H4,76,77,80)/t38-,39-,40+,41+,45-,46-,47-,48-,49-,50-,51-,53-,54-,55-,56-,57+/m0/s1. The topological polar surface area (TPSA) is 611 Å². The Hall–Kier alpha value is -11.3. The molecule has 25 N–H and O–H groups in total. The van der Waals surface area contributed by atoms with Gasteiger partial charge in [0.2, 0.25) is 82.7 Å². The number of carbonyl (C=O) groups excluding carboxylic acids is 14. The van der Waals surface area contributed by atoms with Crippen LogP contribution in [0.15, 0.2) is 83.2 Å². The van der Waals surface area contributed by atoms with E-state index in [2.05, 4.69) is 83.8 Å². The largest absolute Gasteiger partial charge is 0.391 e. The quantitative estimate of drug-likeness (QED) is 0.0253. The molecule has 0 unspecified atom stereocenters. The number of nitrogens with one attached hydrogen (secondary N) is 13. The molecule has 2 saturated heterocycles. The second-order valence-corrected chi connectivity index (χ2v) is 28.3. The van der Waals surface area contributed by atoms with Crippen molar-refractivity contribution in [2.45, 2.75) is 224 Å². The number of aliphatic imine (C=N–C) groups is 2. The van der Waals surface area contributed by atoms with Gasteiger partial charge in [0.15, 0.2) is 11.9 Å². The first-order chi connectivity index (χ1) is 52.0. The molecule has 5 rings (SSSR count). The SMILES string of the molecule is CC[C@H](C)[C@@H]1NC(=O)[C@H](CC(N)=O)NC(=O)[C@H](CCCN=C(N)N)NC(=O)[C@H](Cc2ccccc2)NC(=O)[C@H](Cc2ccccc2)NC(=O)[C@H](Cc2cnc[nH]2)NC(=O)[C@H](C(C)C)NC(=O)[C@@H]2CCCN2C(=O)[C@@H]([C@@H](C)O)NC(=O)[C@H](CCCN=C(N)N)NC(=O)[C@H](C)NC(=O)[C@H]([C@@H](C)O)NC(=O)[C@H](C(C)C)NC1=O. The van der Waals surface area contributed by atoms with Crippen LogP contribution in [0.4, 0.5) is 0 Å². The van der Waals surface area contributed by atoms with E-state index in [1.165, 1.54) is 40.2 Å². The van der Waals surface area contributed by atoms with Crippen molar-refractivity contribution in [3.05, 3.63) is 90.0 Å². The molecule has 38 heteroatoms. The number of primary amides is 1. The number of aliphatic hydroxyl groups excluding tert-OH is 2. The van der Waals surface area contributed by atoms with Gasteiger partial charge in [-0.2, -0.15) is 0 Å². The van der Waals surface area contributed by atoms with Crippen molar-refractivity contribution in [1.29, 1.82) is 0 Å². The average Bonchev–Trinajstić information content (AvgIpc) is 1.57. The lowest BCUT2D eigenvalue weighted by Gasteiger charge is -2.32. The summed E-state index contributed by atoms with van der Waals surface area (Å²) in [6, 6.07) is -3.69. The van der Waals surface area contributed by atoms with Gasteiger partial charge < -0.3 is 113 Å². The van der Waals surface area contributed by atoms with Crippen molar-refractivity contribution in [2.24, 2.45) is 56.4 Å². The van der Waals surface area contributed by atoms with Crippen LogP contribution in [0.5, 0.6) is 0 Å². The number of benzene rings is 2. The van der Waals surface area contributed by atoms with Gasteiger partial charge in [0.1, 0.15) is 78.5 Å². The zero-order chi connectivity index (χ0) is 81.6. The zero-order valence-electron chi connectivity index (χ0n) is 63.5. The van der Waals surface area contributed by atoms with E-state index in [-0.39, 0.29) is 95.8 Å². The zero-order valence-corrected chi connectivity index (χ0v) is 63.5. The van der Waals surface area contributed by atoms with Crippen molar-refractivity contribution in [3.8, 4) is 0 Å². The van der Waals surface area contributed by atoms with E-state index in [1.807, 2.05) is 0 Å². The third kappa shape index (κ3) is 28.0. The highest BCUT2D eigenvalue weighted by Crippen LogP contribution is 2.22. The summed E-state index contributed by atoms with van der Waals surface area (Å²) in [6.07, 6.45) is -2.11. The molecule has 3 heterocycles.